The predicted octanol–water partition coefficient (Wildman–Crippen LogP) is 2.00. The van der Waals surface area contributed by atoms with E-state index < -0.39 is 10.0 Å². The molecular weight excluding hydrogens is 274 g/mol. The highest BCUT2D eigenvalue weighted by Crippen LogP contribution is 2.29. The maximum atomic E-state index is 12.2. The largest absolute Gasteiger partial charge is 0.397 e. The number of benzene rings is 1. The summed E-state index contributed by atoms with van der Waals surface area (Å²) in [7, 11) is 1.51. The molecule has 1 rings (SSSR count). The normalized spacial score (nSPS) is 12.8. The second-order valence-electron chi connectivity index (χ2n) is 6.42. The van der Waals surface area contributed by atoms with E-state index >= 15 is 0 Å². The molecule has 0 aliphatic carbocycles. The minimum Gasteiger partial charge on any atom is -0.397 e. The summed E-state index contributed by atoms with van der Waals surface area (Å²) in [5.41, 5.74) is 7.39. The minimum absolute atomic E-state index is 0.0949. The van der Waals surface area contributed by atoms with Crippen molar-refractivity contribution in [1.29, 1.82) is 0 Å². The van der Waals surface area contributed by atoms with Gasteiger partial charge in [0.2, 0.25) is 10.0 Å². The molecule has 0 saturated heterocycles. The number of hydrogen-bond acceptors (Lipinski definition) is 4. The van der Waals surface area contributed by atoms with E-state index in [0.717, 1.165) is 12.2 Å². The Morgan fingerprint density at radius 2 is 1.70 bits per heavy atom. The highest BCUT2D eigenvalue weighted by Gasteiger charge is 2.21. The van der Waals surface area contributed by atoms with Gasteiger partial charge >= 0.3 is 0 Å². The highest BCUT2D eigenvalue weighted by atomic mass is 32.2. The number of nitrogens with zero attached hydrogens (tertiary/aromatic N) is 2. The Kier molecular flexibility index (Phi) is 4.71. The van der Waals surface area contributed by atoms with Gasteiger partial charge in [0.25, 0.3) is 0 Å². The fourth-order valence-corrected chi connectivity index (χ4v) is 2.94. The second-order valence-corrected chi connectivity index (χ2v) is 8.58. The van der Waals surface area contributed by atoms with Gasteiger partial charge in [0.05, 0.1) is 16.3 Å². The molecule has 20 heavy (non-hydrogen) atoms. The van der Waals surface area contributed by atoms with Gasteiger partial charge in [-0.2, -0.15) is 0 Å². The average Bonchev–Trinajstić information content (AvgIpc) is 2.26. The maximum absolute atomic E-state index is 12.2. The van der Waals surface area contributed by atoms with Crippen molar-refractivity contribution < 1.29 is 8.42 Å². The smallest absolute Gasteiger partial charge is 0.242 e. The fourth-order valence-electron chi connectivity index (χ4n) is 2.02. The second kappa shape index (κ2) is 5.61. The molecule has 0 aromatic heterocycles. The quantitative estimate of drug-likeness (QED) is 0.864. The summed E-state index contributed by atoms with van der Waals surface area (Å²) in [5.74, 6) is 0. The van der Waals surface area contributed by atoms with Crippen LogP contribution in [0.25, 0.3) is 0 Å². The molecule has 0 bridgehead atoms. The topological polar surface area (TPSA) is 66.6 Å². The zero-order valence-electron chi connectivity index (χ0n) is 13.1. The summed E-state index contributed by atoms with van der Waals surface area (Å²) in [6.45, 7) is 7.16. The van der Waals surface area contributed by atoms with Gasteiger partial charge in [0.15, 0.2) is 0 Å². The van der Waals surface area contributed by atoms with Crippen molar-refractivity contribution >= 4 is 21.4 Å². The van der Waals surface area contributed by atoms with Crippen LogP contribution in [0, 0.1) is 5.41 Å². The third-order valence-corrected chi connectivity index (χ3v) is 4.71. The molecule has 114 valence electrons. The van der Waals surface area contributed by atoms with Crippen molar-refractivity contribution in [3.05, 3.63) is 18.2 Å². The first kappa shape index (κ1) is 16.8. The van der Waals surface area contributed by atoms with Gasteiger partial charge in [-0.25, -0.2) is 12.7 Å². The summed E-state index contributed by atoms with van der Waals surface area (Å²) < 4.78 is 25.5. The van der Waals surface area contributed by atoms with Crippen molar-refractivity contribution in [2.75, 3.05) is 38.3 Å². The van der Waals surface area contributed by atoms with Gasteiger partial charge in [-0.1, -0.05) is 20.8 Å². The molecule has 0 aliphatic heterocycles. The van der Waals surface area contributed by atoms with Crippen molar-refractivity contribution in [1.82, 2.24) is 4.31 Å². The molecule has 2 N–H and O–H groups in total. The van der Waals surface area contributed by atoms with Crippen LogP contribution in [0.3, 0.4) is 0 Å². The molecule has 0 radical (unpaired) electrons. The molecule has 5 nitrogen and oxygen atoms in total. The number of anilines is 2. The zero-order valence-corrected chi connectivity index (χ0v) is 14.0. The van der Waals surface area contributed by atoms with E-state index in [2.05, 4.69) is 20.8 Å². The number of nitrogen functional groups attached to an aromatic ring is 1. The Morgan fingerprint density at radius 1 is 1.15 bits per heavy atom. The van der Waals surface area contributed by atoms with Crippen LogP contribution in [0.15, 0.2) is 23.1 Å². The third kappa shape index (κ3) is 3.86. The van der Waals surface area contributed by atoms with E-state index in [4.69, 9.17) is 5.73 Å². The van der Waals surface area contributed by atoms with Crippen LogP contribution in [0.1, 0.15) is 20.8 Å². The van der Waals surface area contributed by atoms with Crippen molar-refractivity contribution in [3.8, 4) is 0 Å². The van der Waals surface area contributed by atoms with Gasteiger partial charge in [-0.05, 0) is 23.6 Å². The SMILES string of the molecule is CN(CC(C)(C)C)c1cc(S(=O)(=O)N(C)C)ccc1N. The van der Waals surface area contributed by atoms with Gasteiger partial charge in [0, 0.05) is 27.7 Å². The number of rotatable bonds is 4. The average molecular weight is 299 g/mol. The van der Waals surface area contributed by atoms with Gasteiger partial charge in [-0.15, -0.1) is 0 Å². The van der Waals surface area contributed by atoms with E-state index in [9.17, 15) is 8.42 Å². The van der Waals surface area contributed by atoms with Crippen LogP contribution >= 0.6 is 0 Å². The maximum Gasteiger partial charge on any atom is 0.242 e. The van der Waals surface area contributed by atoms with Crippen LogP contribution in [-0.2, 0) is 10.0 Å². The molecule has 0 saturated carbocycles. The Balaban J connectivity index is 3.23. The molecule has 0 heterocycles. The first-order valence-corrected chi connectivity index (χ1v) is 7.92. The molecule has 0 amide bonds. The number of hydrogen-bond donors (Lipinski definition) is 1. The van der Waals surface area contributed by atoms with Crippen LogP contribution < -0.4 is 10.6 Å². The molecule has 0 unspecified atom stereocenters. The van der Waals surface area contributed by atoms with Crippen molar-refractivity contribution in [3.63, 3.8) is 0 Å². The first-order chi connectivity index (χ1) is 8.95. The summed E-state index contributed by atoms with van der Waals surface area (Å²) in [5, 5.41) is 0. The molecule has 1 aromatic carbocycles. The van der Waals surface area contributed by atoms with E-state index in [0.29, 0.717) is 5.69 Å². The van der Waals surface area contributed by atoms with Crippen LogP contribution in [0.2, 0.25) is 0 Å². The summed E-state index contributed by atoms with van der Waals surface area (Å²) in [6, 6.07) is 4.82. The first-order valence-electron chi connectivity index (χ1n) is 6.48. The van der Waals surface area contributed by atoms with Gasteiger partial charge in [0.1, 0.15) is 0 Å². The third-order valence-electron chi connectivity index (χ3n) is 2.90. The molecule has 1 aromatic rings. The van der Waals surface area contributed by atoms with Gasteiger partial charge < -0.3 is 10.6 Å². The van der Waals surface area contributed by atoms with Crippen molar-refractivity contribution in [2.24, 2.45) is 5.41 Å². The highest BCUT2D eigenvalue weighted by molar-refractivity contribution is 7.89. The molecule has 0 spiro atoms. The van der Waals surface area contributed by atoms with Crippen LogP contribution in [0.5, 0.6) is 0 Å². The standard InChI is InChI=1S/C14H25N3O2S/c1-14(2,3)10-17(6)13-9-11(7-8-12(13)15)20(18,19)16(4)5/h7-9H,10,15H2,1-6H3. The Hall–Kier alpha value is -1.27. The molecule has 0 aliphatic rings. The van der Waals surface area contributed by atoms with Crippen LogP contribution in [0.4, 0.5) is 11.4 Å². The Bertz CT molecular complexity index is 575. The van der Waals surface area contributed by atoms with Crippen molar-refractivity contribution in [2.45, 2.75) is 25.7 Å². The molecule has 0 atom stereocenters. The fraction of sp³-hybridized carbons (Fsp3) is 0.571. The Labute approximate surface area is 122 Å². The number of sulfonamides is 1. The van der Waals surface area contributed by atoms with Crippen LogP contribution in [-0.4, -0.2) is 40.4 Å². The lowest BCUT2D eigenvalue weighted by atomic mass is 9.96. The van der Waals surface area contributed by atoms with E-state index in [-0.39, 0.29) is 10.3 Å². The lowest BCUT2D eigenvalue weighted by Gasteiger charge is -2.29. The summed E-state index contributed by atoms with van der Waals surface area (Å²) in [6.07, 6.45) is 0. The predicted molar refractivity (Wildman–Crippen MR) is 84.5 cm³/mol. The Morgan fingerprint density at radius 3 is 2.15 bits per heavy atom. The summed E-state index contributed by atoms with van der Waals surface area (Å²) in [4.78, 5) is 2.25. The zero-order chi connectivity index (χ0) is 15.7. The van der Waals surface area contributed by atoms with Gasteiger partial charge in [-0.3, -0.25) is 0 Å². The lowest BCUT2D eigenvalue weighted by Crippen LogP contribution is -2.30. The monoisotopic (exact) mass is 299 g/mol. The molecular formula is C14H25N3O2S. The number of nitrogens with two attached hydrogens (primary N) is 1. The lowest BCUT2D eigenvalue weighted by molar-refractivity contribution is 0.419. The summed E-state index contributed by atoms with van der Waals surface area (Å²) >= 11 is 0. The minimum atomic E-state index is -3.44. The molecule has 0 fully saturated rings. The van der Waals surface area contributed by atoms with E-state index in [1.165, 1.54) is 18.4 Å². The molecule has 6 heteroatoms. The van der Waals surface area contributed by atoms with E-state index in [1.54, 1.807) is 18.2 Å². The van der Waals surface area contributed by atoms with E-state index in [1.807, 2.05) is 11.9 Å².